The summed E-state index contributed by atoms with van der Waals surface area (Å²) >= 11 is 4.77. The Morgan fingerprint density at radius 1 is 0.900 bits per heavy atom. The second kappa shape index (κ2) is 11.4. The highest BCUT2D eigenvalue weighted by atomic mass is 32.2. The van der Waals surface area contributed by atoms with Crippen molar-refractivity contribution in [3.8, 4) is 9.88 Å². The zero-order chi connectivity index (χ0) is 27.5. The smallest absolute Gasteiger partial charge is 0.351 e. The van der Waals surface area contributed by atoms with Gasteiger partial charge in [0.15, 0.2) is 0 Å². The number of hydrogen-bond donors (Lipinski definition) is 3. The van der Waals surface area contributed by atoms with E-state index in [1.165, 1.54) is 27.7 Å². The van der Waals surface area contributed by atoms with E-state index < -0.39 is 10.3 Å². The van der Waals surface area contributed by atoms with Crippen LogP contribution in [0.2, 0.25) is 0 Å². The average molecular weight is 606 g/mol. The third-order valence-corrected chi connectivity index (χ3v) is 9.49. The number of anilines is 2. The molecule has 12 heteroatoms. The number of thiophene rings is 1. The molecule has 8 nitrogen and oxygen atoms in total. The fourth-order valence-electron chi connectivity index (χ4n) is 4.42. The number of fused-ring (bicyclic) bond motifs is 1. The maximum Gasteiger partial charge on any atom is 0.357 e. The van der Waals surface area contributed by atoms with Crippen LogP contribution in [0.3, 0.4) is 0 Å². The van der Waals surface area contributed by atoms with Gasteiger partial charge in [0.1, 0.15) is 10.0 Å². The quantitative estimate of drug-likeness (QED) is 0.143. The van der Waals surface area contributed by atoms with Crippen LogP contribution in [0.1, 0.15) is 27.9 Å². The number of benzene rings is 3. The summed E-state index contributed by atoms with van der Waals surface area (Å²) in [5.41, 5.74) is 3.34. The van der Waals surface area contributed by atoms with Gasteiger partial charge in [-0.15, -0.1) is 32.9 Å². The molecule has 0 fully saturated rings. The summed E-state index contributed by atoms with van der Waals surface area (Å²) in [5.74, 6) is 0. The molecule has 6 rings (SSSR count). The number of thiazole rings is 1. The van der Waals surface area contributed by atoms with Crippen LogP contribution in [0.4, 0.5) is 10.8 Å². The normalized spacial score (nSPS) is 12.4. The van der Waals surface area contributed by atoms with E-state index in [1.54, 1.807) is 34.8 Å². The third-order valence-electron chi connectivity index (χ3n) is 6.24. The second-order valence-electron chi connectivity index (χ2n) is 9.05. The van der Waals surface area contributed by atoms with Gasteiger partial charge < -0.3 is 5.32 Å². The van der Waals surface area contributed by atoms with Gasteiger partial charge in [0.05, 0.1) is 22.3 Å². The zero-order valence-corrected chi connectivity index (χ0v) is 24.2. The van der Waals surface area contributed by atoms with E-state index in [4.69, 9.17) is 9.54 Å². The number of nitrogens with one attached hydrogen (secondary N) is 2. The van der Waals surface area contributed by atoms with Gasteiger partial charge in [-0.2, -0.15) is 8.42 Å². The highest BCUT2D eigenvalue weighted by Crippen LogP contribution is 2.33. The van der Waals surface area contributed by atoms with Crippen molar-refractivity contribution in [2.75, 3.05) is 10.0 Å². The van der Waals surface area contributed by atoms with E-state index >= 15 is 0 Å². The van der Waals surface area contributed by atoms with E-state index in [2.05, 4.69) is 62.0 Å². The number of nitrogens with zero attached hydrogens (tertiary/aromatic N) is 3. The average Bonchev–Trinajstić information content (AvgIpc) is 3.71. The Hall–Kier alpha value is -3.68. The van der Waals surface area contributed by atoms with Crippen molar-refractivity contribution >= 4 is 65.9 Å². The molecule has 202 valence electrons. The lowest BCUT2D eigenvalue weighted by Gasteiger charge is -2.16. The van der Waals surface area contributed by atoms with Crippen molar-refractivity contribution < 1.29 is 13.0 Å². The summed E-state index contributed by atoms with van der Waals surface area (Å²) in [6, 6.07) is 25.4. The lowest BCUT2D eigenvalue weighted by Crippen LogP contribution is -2.14. The summed E-state index contributed by atoms with van der Waals surface area (Å²) in [5, 5.41) is 21.5. The first-order valence-corrected chi connectivity index (χ1v) is 16.3. The Balaban J connectivity index is 1.24. The maximum atomic E-state index is 11.1. The van der Waals surface area contributed by atoms with Crippen LogP contribution in [-0.4, -0.2) is 28.2 Å². The summed E-state index contributed by atoms with van der Waals surface area (Å²) < 4.78 is 33.4. The fourth-order valence-corrected chi connectivity index (χ4v) is 7.36. The number of hydrogen-bond acceptors (Lipinski definition) is 9. The standard InChI is InChI=1S/C28H23N5O3S4/c34-40(35,36)33-21-12-10-18(11-13-21)15-23(24-17-38-27(29-24)25-9-4-14-37-25)30-28-32-31-26(39-28)16-20-7-3-6-19-5-1-2-8-22(19)20/h1-14,17,23,33H,15-16H2,(H,30,32)(H,34,35,36)/t23-/m0/s1. The van der Waals surface area contributed by atoms with Gasteiger partial charge in [0.2, 0.25) is 5.13 Å². The monoisotopic (exact) mass is 605 g/mol. The first-order chi connectivity index (χ1) is 19.4. The van der Waals surface area contributed by atoms with E-state index in [1.807, 2.05) is 35.7 Å². The summed E-state index contributed by atoms with van der Waals surface area (Å²) in [4.78, 5) is 6.03. The van der Waals surface area contributed by atoms with Crippen LogP contribution in [0.5, 0.6) is 0 Å². The molecule has 3 aromatic carbocycles. The van der Waals surface area contributed by atoms with E-state index in [0.29, 0.717) is 18.0 Å². The second-order valence-corrected chi connectivity index (χ2v) is 13.1. The first-order valence-electron chi connectivity index (χ1n) is 12.3. The molecule has 3 aromatic heterocycles. The highest BCUT2D eigenvalue weighted by molar-refractivity contribution is 7.87. The molecular weight excluding hydrogens is 583 g/mol. The summed E-state index contributed by atoms with van der Waals surface area (Å²) in [7, 11) is -4.33. The molecular formula is C28H23N5O3S4. The van der Waals surface area contributed by atoms with Crippen molar-refractivity contribution in [3.63, 3.8) is 0 Å². The Morgan fingerprint density at radius 3 is 2.52 bits per heavy atom. The first kappa shape index (κ1) is 26.5. The summed E-state index contributed by atoms with van der Waals surface area (Å²) in [6.45, 7) is 0. The molecule has 3 heterocycles. The van der Waals surface area contributed by atoms with Crippen LogP contribution >= 0.6 is 34.0 Å². The van der Waals surface area contributed by atoms with E-state index in [-0.39, 0.29) is 11.7 Å². The van der Waals surface area contributed by atoms with Gasteiger partial charge in [0.25, 0.3) is 0 Å². The van der Waals surface area contributed by atoms with E-state index in [9.17, 15) is 8.42 Å². The molecule has 0 saturated heterocycles. The minimum atomic E-state index is -4.33. The van der Waals surface area contributed by atoms with Gasteiger partial charge in [-0.1, -0.05) is 72.0 Å². The van der Waals surface area contributed by atoms with Crippen LogP contribution < -0.4 is 10.0 Å². The largest absolute Gasteiger partial charge is 0.357 e. The molecule has 0 bridgehead atoms. The Morgan fingerprint density at radius 2 is 1.73 bits per heavy atom. The molecule has 0 saturated carbocycles. The molecule has 0 amide bonds. The molecule has 6 aromatic rings. The van der Waals surface area contributed by atoms with Gasteiger partial charge in [-0.3, -0.25) is 9.27 Å². The minimum Gasteiger partial charge on any atom is -0.351 e. The fraction of sp³-hybridized carbons (Fsp3) is 0.107. The van der Waals surface area contributed by atoms with Crippen molar-refractivity contribution in [3.05, 3.63) is 111 Å². The van der Waals surface area contributed by atoms with Gasteiger partial charge in [-0.05, 0) is 51.9 Å². The van der Waals surface area contributed by atoms with Crippen LogP contribution in [0, 0.1) is 0 Å². The molecule has 0 radical (unpaired) electrons. The predicted molar refractivity (Wildman–Crippen MR) is 164 cm³/mol. The molecule has 0 aliphatic heterocycles. The Kier molecular flexibility index (Phi) is 7.59. The number of aromatic nitrogens is 3. The van der Waals surface area contributed by atoms with Crippen molar-refractivity contribution in [2.24, 2.45) is 0 Å². The lowest BCUT2D eigenvalue weighted by molar-refractivity contribution is 0.489. The molecule has 40 heavy (non-hydrogen) atoms. The maximum absolute atomic E-state index is 11.1. The SMILES string of the molecule is O=S(=O)(O)Nc1ccc(C[C@H](Nc2nnc(Cc3cccc4ccccc34)s2)c2csc(-c3cccs3)n2)cc1. The molecule has 1 atom stereocenters. The minimum absolute atomic E-state index is 0.191. The third kappa shape index (κ3) is 6.37. The van der Waals surface area contributed by atoms with Gasteiger partial charge in [0, 0.05) is 11.8 Å². The topological polar surface area (TPSA) is 117 Å². The van der Waals surface area contributed by atoms with Crippen molar-refractivity contribution in [2.45, 2.75) is 18.9 Å². The molecule has 0 aliphatic rings. The molecule has 3 N–H and O–H groups in total. The van der Waals surface area contributed by atoms with Crippen molar-refractivity contribution in [1.29, 1.82) is 0 Å². The lowest BCUT2D eigenvalue weighted by atomic mass is 10.0. The zero-order valence-electron chi connectivity index (χ0n) is 20.9. The van der Waals surface area contributed by atoms with E-state index in [0.717, 1.165) is 26.1 Å². The van der Waals surface area contributed by atoms with Crippen LogP contribution in [-0.2, 0) is 23.1 Å². The Bertz CT molecular complexity index is 1840. The van der Waals surface area contributed by atoms with Gasteiger partial charge >= 0.3 is 10.3 Å². The molecule has 0 aliphatic carbocycles. The van der Waals surface area contributed by atoms with Crippen LogP contribution in [0.15, 0.2) is 89.6 Å². The predicted octanol–water partition coefficient (Wildman–Crippen LogP) is 7.08. The summed E-state index contributed by atoms with van der Waals surface area (Å²) in [6.07, 6.45) is 1.27. The van der Waals surface area contributed by atoms with Crippen LogP contribution in [0.25, 0.3) is 20.7 Å². The molecule has 0 unspecified atom stereocenters. The van der Waals surface area contributed by atoms with Crippen molar-refractivity contribution in [1.82, 2.24) is 15.2 Å². The number of rotatable bonds is 10. The highest BCUT2D eigenvalue weighted by Gasteiger charge is 2.20. The van der Waals surface area contributed by atoms with Gasteiger partial charge in [-0.25, -0.2) is 4.98 Å². The molecule has 0 spiro atoms. The Labute approximate surface area is 243 Å².